The van der Waals surface area contributed by atoms with Crippen LogP contribution in [0.2, 0.25) is 0 Å². The second-order valence-corrected chi connectivity index (χ2v) is 4.76. The normalized spacial score (nSPS) is 19.0. The van der Waals surface area contributed by atoms with Crippen LogP contribution in [-0.4, -0.2) is 57.3 Å². The molecule has 1 aliphatic rings. The van der Waals surface area contributed by atoms with Crippen molar-refractivity contribution >= 4 is 11.9 Å². The predicted octanol–water partition coefficient (Wildman–Crippen LogP) is -0.470. The van der Waals surface area contributed by atoms with Gasteiger partial charge in [0.1, 0.15) is 6.54 Å². The number of carbonyl (C=O) groups is 1. The third-order valence-electron chi connectivity index (χ3n) is 3.19. The van der Waals surface area contributed by atoms with E-state index in [9.17, 15) is 4.79 Å². The lowest BCUT2D eigenvalue weighted by Gasteiger charge is -2.16. The van der Waals surface area contributed by atoms with E-state index in [0.717, 1.165) is 39.1 Å². The van der Waals surface area contributed by atoms with Crippen LogP contribution in [0.15, 0.2) is 0 Å². The van der Waals surface area contributed by atoms with E-state index in [1.165, 1.54) is 4.68 Å². The molecular weight excluding hydrogens is 248 g/mol. The molecule has 8 nitrogen and oxygen atoms in total. The lowest BCUT2D eigenvalue weighted by Crippen LogP contribution is -2.33. The van der Waals surface area contributed by atoms with Gasteiger partial charge < -0.3 is 15.4 Å². The van der Waals surface area contributed by atoms with Gasteiger partial charge in [-0.05, 0) is 23.3 Å². The Morgan fingerprint density at radius 1 is 1.58 bits per heavy atom. The van der Waals surface area contributed by atoms with Gasteiger partial charge in [-0.2, -0.15) is 0 Å². The van der Waals surface area contributed by atoms with E-state index in [2.05, 4.69) is 22.4 Å². The zero-order valence-corrected chi connectivity index (χ0v) is 11.2. The molecule has 1 aromatic rings. The molecule has 19 heavy (non-hydrogen) atoms. The van der Waals surface area contributed by atoms with E-state index < -0.39 is 0 Å². The molecule has 2 heterocycles. The summed E-state index contributed by atoms with van der Waals surface area (Å²) in [4.78, 5) is 13.9. The molecule has 0 radical (unpaired) electrons. The zero-order chi connectivity index (χ0) is 13.7. The molecule has 1 aromatic heterocycles. The number of nitrogen functional groups attached to an aromatic ring is 1. The van der Waals surface area contributed by atoms with Gasteiger partial charge >= 0.3 is 0 Å². The Morgan fingerprint density at radius 3 is 3.11 bits per heavy atom. The van der Waals surface area contributed by atoms with E-state index in [4.69, 9.17) is 10.5 Å². The Labute approximate surface area is 111 Å². The number of rotatable bonds is 6. The maximum atomic E-state index is 12.1. The van der Waals surface area contributed by atoms with Gasteiger partial charge in [0.15, 0.2) is 0 Å². The molecule has 1 fully saturated rings. The molecule has 0 saturated carbocycles. The summed E-state index contributed by atoms with van der Waals surface area (Å²) in [6.45, 7) is 5.20. The van der Waals surface area contributed by atoms with Crippen molar-refractivity contribution in [3.8, 4) is 0 Å². The number of amides is 1. The number of tetrazole rings is 1. The molecule has 1 unspecified atom stereocenters. The number of hydrogen-bond donors (Lipinski definition) is 1. The molecule has 1 atom stereocenters. The summed E-state index contributed by atoms with van der Waals surface area (Å²) in [5.74, 6) is 0.592. The van der Waals surface area contributed by atoms with Gasteiger partial charge in [0, 0.05) is 25.6 Å². The summed E-state index contributed by atoms with van der Waals surface area (Å²) in [6.07, 6.45) is 2.01. The summed E-state index contributed by atoms with van der Waals surface area (Å²) in [6, 6.07) is 0. The first-order chi connectivity index (χ1) is 9.20. The number of anilines is 1. The second-order valence-electron chi connectivity index (χ2n) is 4.76. The van der Waals surface area contributed by atoms with Crippen molar-refractivity contribution in [2.24, 2.45) is 5.92 Å². The predicted molar refractivity (Wildman–Crippen MR) is 68.0 cm³/mol. The summed E-state index contributed by atoms with van der Waals surface area (Å²) in [7, 11) is 0. The summed E-state index contributed by atoms with van der Waals surface area (Å²) < 4.78 is 6.83. The minimum Gasteiger partial charge on any atom is -0.381 e. The largest absolute Gasteiger partial charge is 0.381 e. The van der Waals surface area contributed by atoms with Crippen LogP contribution in [0.5, 0.6) is 0 Å². The van der Waals surface area contributed by atoms with E-state index in [1.54, 1.807) is 0 Å². The minimum atomic E-state index is -0.00279. The van der Waals surface area contributed by atoms with Crippen LogP contribution < -0.4 is 5.73 Å². The summed E-state index contributed by atoms with van der Waals surface area (Å²) >= 11 is 0. The number of aromatic nitrogens is 4. The second kappa shape index (κ2) is 6.46. The van der Waals surface area contributed by atoms with Gasteiger partial charge in [0.2, 0.25) is 11.9 Å². The van der Waals surface area contributed by atoms with Crippen molar-refractivity contribution in [1.29, 1.82) is 0 Å². The highest BCUT2D eigenvalue weighted by Gasteiger charge is 2.26. The highest BCUT2D eigenvalue weighted by atomic mass is 16.5. The minimum absolute atomic E-state index is 0.00279. The molecule has 2 rings (SSSR count). The third kappa shape index (κ3) is 3.63. The first-order valence-corrected chi connectivity index (χ1v) is 6.58. The number of nitrogens with zero attached hydrogens (tertiary/aromatic N) is 5. The van der Waals surface area contributed by atoms with Crippen molar-refractivity contribution in [3.63, 3.8) is 0 Å². The average Bonchev–Trinajstić information content (AvgIpc) is 3.00. The number of ether oxygens (including phenoxy) is 1. The third-order valence-corrected chi connectivity index (χ3v) is 3.19. The molecule has 1 aliphatic heterocycles. The quantitative estimate of drug-likeness (QED) is 0.700. The molecule has 106 valence electrons. The first-order valence-electron chi connectivity index (χ1n) is 6.58. The van der Waals surface area contributed by atoms with Crippen LogP contribution in [0.4, 0.5) is 5.95 Å². The molecule has 0 bridgehead atoms. The number of carbonyl (C=O) groups excluding carboxylic acids is 1. The Bertz CT molecular complexity index is 421. The number of likely N-dealkylation sites (tertiary alicyclic amines) is 1. The molecular formula is C11H20N6O2. The molecule has 2 N–H and O–H groups in total. The summed E-state index contributed by atoms with van der Waals surface area (Å²) in [5.41, 5.74) is 5.53. The van der Waals surface area contributed by atoms with Crippen LogP contribution in [-0.2, 0) is 16.1 Å². The summed E-state index contributed by atoms with van der Waals surface area (Å²) in [5, 5.41) is 10.6. The van der Waals surface area contributed by atoms with Crippen LogP contribution in [0, 0.1) is 5.92 Å². The van der Waals surface area contributed by atoms with E-state index in [-0.39, 0.29) is 18.4 Å². The molecule has 8 heteroatoms. The first kappa shape index (κ1) is 13.7. The number of hydrogen-bond acceptors (Lipinski definition) is 6. The fraction of sp³-hybridized carbons (Fsp3) is 0.818. The van der Waals surface area contributed by atoms with Gasteiger partial charge in [-0.1, -0.05) is 12.0 Å². The van der Waals surface area contributed by atoms with Gasteiger partial charge in [0.25, 0.3) is 0 Å². The highest BCUT2D eigenvalue weighted by molar-refractivity contribution is 5.76. The van der Waals surface area contributed by atoms with E-state index in [0.29, 0.717) is 5.92 Å². The SMILES string of the molecule is CCCOCC1CCN(C(=O)Cn2nnnc2N)C1. The van der Waals surface area contributed by atoms with Gasteiger partial charge in [-0.15, -0.1) is 0 Å². The fourth-order valence-corrected chi connectivity index (χ4v) is 2.14. The number of nitrogens with two attached hydrogens (primary N) is 1. The monoisotopic (exact) mass is 268 g/mol. The van der Waals surface area contributed by atoms with Crippen LogP contribution in [0.3, 0.4) is 0 Å². The molecule has 0 spiro atoms. The van der Waals surface area contributed by atoms with Crippen molar-refractivity contribution in [3.05, 3.63) is 0 Å². The van der Waals surface area contributed by atoms with Crippen molar-refractivity contribution < 1.29 is 9.53 Å². The Kier molecular flexibility index (Phi) is 4.67. The van der Waals surface area contributed by atoms with Crippen LogP contribution in [0.25, 0.3) is 0 Å². The van der Waals surface area contributed by atoms with Gasteiger partial charge in [-0.3, -0.25) is 4.79 Å². The zero-order valence-electron chi connectivity index (χ0n) is 11.2. The topological polar surface area (TPSA) is 99.2 Å². The lowest BCUT2D eigenvalue weighted by molar-refractivity contribution is -0.131. The molecule has 0 aromatic carbocycles. The van der Waals surface area contributed by atoms with Crippen molar-refractivity contribution in [2.75, 3.05) is 32.0 Å². The average molecular weight is 268 g/mol. The van der Waals surface area contributed by atoms with Gasteiger partial charge in [0.05, 0.1) is 6.61 Å². The van der Waals surface area contributed by atoms with Crippen molar-refractivity contribution in [2.45, 2.75) is 26.3 Å². The molecule has 1 saturated heterocycles. The van der Waals surface area contributed by atoms with Crippen LogP contribution in [0.1, 0.15) is 19.8 Å². The molecule has 0 aliphatic carbocycles. The van der Waals surface area contributed by atoms with E-state index >= 15 is 0 Å². The Balaban J connectivity index is 1.77. The Hall–Kier alpha value is -1.70. The van der Waals surface area contributed by atoms with Crippen LogP contribution >= 0.6 is 0 Å². The Morgan fingerprint density at radius 2 is 2.42 bits per heavy atom. The smallest absolute Gasteiger partial charge is 0.244 e. The fourth-order valence-electron chi connectivity index (χ4n) is 2.14. The highest BCUT2D eigenvalue weighted by Crippen LogP contribution is 2.17. The van der Waals surface area contributed by atoms with Gasteiger partial charge in [-0.25, -0.2) is 4.68 Å². The maximum absolute atomic E-state index is 12.1. The lowest BCUT2D eigenvalue weighted by atomic mass is 10.1. The maximum Gasteiger partial charge on any atom is 0.244 e. The standard InChI is InChI=1S/C11H20N6O2/c1-2-5-19-8-9-3-4-16(6-9)10(18)7-17-11(12)13-14-15-17/h9H,2-8H2,1H3,(H2,12,13,15). The van der Waals surface area contributed by atoms with E-state index in [1.807, 2.05) is 4.90 Å². The van der Waals surface area contributed by atoms with Crippen molar-refractivity contribution in [1.82, 2.24) is 25.1 Å². The molecule has 1 amide bonds.